The van der Waals surface area contributed by atoms with Gasteiger partial charge in [-0.1, -0.05) is 29.8 Å². The topological polar surface area (TPSA) is 141 Å². The van der Waals surface area contributed by atoms with E-state index in [1.165, 1.54) is 12.1 Å². The molecule has 0 spiro atoms. The molecule has 0 aliphatic carbocycles. The summed E-state index contributed by atoms with van der Waals surface area (Å²) in [5, 5.41) is 11.0. The van der Waals surface area contributed by atoms with E-state index in [0.717, 1.165) is 71.9 Å². The molecule has 13 nitrogen and oxygen atoms in total. The van der Waals surface area contributed by atoms with Crippen LogP contribution in [0.4, 0.5) is 4.39 Å². The van der Waals surface area contributed by atoms with Gasteiger partial charge in [0.15, 0.2) is 0 Å². The lowest BCUT2D eigenvalue weighted by Crippen LogP contribution is -2.49. The van der Waals surface area contributed by atoms with Crippen molar-refractivity contribution in [2.75, 3.05) is 39.3 Å². The van der Waals surface area contributed by atoms with E-state index in [-0.39, 0.29) is 30.0 Å². The van der Waals surface area contributed by atoms with Crippen LogP contribution in [0.1, 0.15) is 95.0 Å². The molecule has 2 fully saturated rings. The summed E-state index contributed by atoms with van der Waals surface area (Å²) in [7, 11) is 1.91. The first-order valence-electron chi connectivity index (χ1n) is 23.6. The summed E-state index contributed by atoms with van der Waals surface area (Å²) in [5.41, 5.74) is 7.54. The second-order valence-corrected chi connectivity index (χ2v) is 19.7. The van der Waals surface area contributed by atoms with Crippen LogP contribution >= 0.6 is 11.6 Å². The van der Waals surface area contributed by atoms with Crippen molar-refractivity contribution in [3.8, 4) is 16.9 Å². The van der Waals surface area contributed by atoms with Gasteiger partial charge < -0.3 is 18.9 Å². The summed E-state index contributed by atoms with van der Waals surface area (Å²) in [6.07, 6.45) is 1.74. The second-order valence-electron chi connectivity index (χ2n) is 19.3. The van der Waals surface area contributed by atoms with Crippen LogP contribution in [0.5, 0.6) is 5.75 Å². The number of aryl methyl sites for hydroxylation is 4. The highest BCUT2D eigenvalue weighted by atomic mass is 35.5. The Hall–Kier alpha value is -6.64. The number of amides is 3. The molecular weight excluding hydrogens is 897 g/mol. The fourth-order valence-electron chi connectivity index (χ4n) is 10.0. The van der Waals surface area contributed by atoms with E-state index >= 15 is 0 Å². The van der Waals surface area contributed by atoms with Crippen LogP contribution in [0.25, 0.3) is 43.7 Å². The van der Waals surface area contributed by atoms with Gasteiger partial charge in [0.05, 0.1) is 34.3 Å². The van der Waals surface area contributed by atoms with Crippen molar-refractivity contribution in [1.82, 2.24) is 34.4 Å². The van der Waals surface area contributed by atoms with E-state index in [1.54, 1.807) is 12.1 Å². The largest absolute Gasteiger partial charge is 0.493 e. The van der Waals surface area contributed by atoms with Crippen LogP contribution in [0.15, 0.2) is 72.8 Å². The minimum atomic E-state index is -0.775. The number of hydrogen-bond donors (Lipinski definition) is 1. The van der Waals surface area contributed by atoms with E-state index in [1.807, 2.05) is 107 Å². The lowest BCUT2D eigenvalue weighted by Gasteiger charge is -2.35. The Balaban J connectivity index is 0.990. The minimum Gasteiger partial charge on any atom is -0.493 e. The normalized spacial score (nSPS) is 15.9. The Kier molecular flexibility index (Phi) is 13.1. The molecule has 1 unspecified atom stereocenters. The van der Waals surface area contributed by atoms with E-state index in [9.17, 15) is 23.6 Å². The Labute approximate surface area is 405 Å². The van der Waals surface area contributed by atoms with Gasteiger partial charge in [-0.2, -0.15) is 5.10 Å². The number of imide groups is 1. The van der Waals surface area contributed by atoms with E-state index in [2.05, 4.69) is 14.8 Å². The highest BCUT2D eigenvalue weighted by Gasteiger charge is 2.33. The number of aromatic nitrogens is 4. The van der Waals surface area contributed by atoms with E-state index in [0.29, 0.717) is 87.2 Å². The van der Waals surface area contributed by atoms with Crippen LogP contribution in [-0.2, 0) is 34.3 Å². The average molecular weight is 955 g/mol. The molecule has 15 heteroatoms. The molecule has 358 valence electrons. The number of rotatable bonds is 12. The summed E-state index contributed by atoms with van der Waals surface area (Å²) >= 11 is 7.21. The number of benzene rings is 4. The van der Waals surface area contributed by atoms with Gasteiger partial charge in [-0.25, -0.2) is 9.18 Å². The van der Waals surface area contributed by atoms with E-state index < -0.39 is 17.5 Å². The van der Waals surface area contributed by atoms with Crippen LogP contribution in [0, 0.1) is 26.6 Å². The van der Waals surface area contributed by atoms with Crippen LogP contribution in [0.3, 0.4) is 0 Å². The minimum absolute atomic E-state index is 0.0900. The summed E-state index contributed by atoms with van der Waals surface area (Å²) in [6.45, 7) is 15.0. The number of esters is 1. The van der Waals surface area contributed by atoms with Gasteiger partial charge >= 0.3 is 5.97 Å². The number of piperazine rings is 1. The molecule has 5 heterocycles. The molecular formula is C54H57ClFN7O6. The Morgan fingerprint density at radius 3 is 2.38 bits per heavy atom. The summed E-state index contributed by atoms with van der Waals surface area (Å²) < 4.78 is 30.5. The first-order valence-corrected chi connectivity index (χ1v) is 24.0. The van der Waals surface area contributed by atoms with Gasteiger partial charge in [0, 0.05) is 97.0 Å². The maximum Gasteiger partial charge on any atom is 0.355 e. The average Bonchev–Trinajstić information content (AvgIpc) is 3.75. The fourth-order valence-corrected chi connectivity index (χ4v) is 10.3. The molecule has 3 aromatic heterocycles. The number of fused-ring (bicyclic) bond motifs is 3. The van der Waals surface area contributed by atoms with Gasteiger partial charge in [-0.05, 0) is 132 Å². The maximum atomic E-state index is 14.7. The van der Waals surface area contributed by atoms with Gasteiger partial charge in [0.25, 0.3) is 5.91 Å². The molecule has 4 aromatic carbocycles. The van der Waals surface area contributed by atoms with Gasteiger partial charge in [-0.3, -0.25) is 34.3 Å². The third-order valence-corrected chi connectivity index (χ3v) is 13.8. The molecule has 2 aliphatic heterocycles. The third kappa shape index (κ3) is 9.56. The summed E-state index contributed by atoms with van der Waals surface area (Å²) in [6, 6.07) is 21.5. The number of halogens is 2. The van der Waals surface area contributed by atoms with Crippen molar-refractivity contribution in [3.05, 3.63) is 123 Å². The number of nitrogens with one attached hydrogen (secondary N) is 1. The molecule has 7 aromatic rings. The number of carbonyl (C=O) groups is 4. The molecule has 9 rings (SSSR count). The summed E-state index contributed by atoms with van der Waals surface area (Å²) in [5.74, 6) is -1.26. The first kappa shape index (κ1) is 47.4. The second kappa shape index (κ2) is 19.0. The Morgan fingerprint density at radius 2 is 1.65 bits per heavy atom. The van der Waals surface area contributed by atoms with Gasteiger partial charge in [-0.15, -0.1) is 0 Å². The zero-order valence-corrected chi connectivity index (χ0v) is 40.9. The van der Waals surface area contributed by atoms with Crippen molar-refractivity contribution < 1.29 is 33.0 Å². The quantitative estimate of drug-likeness (QED) is 0.0721. The third-order valence-electron chi connectivity index (χ3n) is 13.5. The van der Waals surface area contributed by atoms with Crippen molar-refractivity contribution >= 4 is 67.9 Å². The van der Waals surface area contributed by atoms with E-state index in [4.69, 9.17) is 31.2 Å². The summed E-state index contributed by atoms with van der Waals surface area (Å²) in [4.78, 5) is 62.2. The van der Waals surface area contributed by atoms with Crippen molar-refractivity contribution in [3.63, 3.8) is 0 Å². The highest BCUT2D eigenvalue weighted by Crippen LogP contribution is 2.43. The van der Waals surface area contributed by atoms with Crippen LogP contribution in [0.2, 0.25) is 5.02 Å². The number of ether oxygens (including phenoxy) is 2. The molecule has 0 radical (unpaired) electrons. The number of piperidine rings is 1. The fraction of sp³-hybridized carbons (Fsp3) is 0.370. The molecule has 69 heavy (non-hydrogen) atoms. The molecule has 1 atom stereocenters. The monoisotopic (exact) mass is 953 g/mol. The first-order chi connectivity index (χ1) is 32.9. The molecule has 3 amide bonds. The predicted octanol–water partition coefficient (Wildman–Crippen LogP) is 9.41. The number of pyridine rings is 1. The lowest BCUT2D eigenvalue weighted by atomic mass is 9.88. The maximum absolute atomic E-state index is 14.7. The SMILES string of the molecule is Cc1nc2ccc(C(=O)N3CCN(CCn4c(C(=O)OC(C)(C)C)c(CCCOc5cccc6cc(F)ccc56)c5ccc(Cl)c(-c6c(C)nn(C)c6C)c54)CC3)cc2cc1C1CCC(=O)NC1=O. The molecule has 2 saturated heterocycles. The number of carbonyl (C=O) groups excluding carboxylic acids is 4. The standard InChI is InChI=1S/C54H57ClFN7O6/c1-31-42(41-17-20-46(64)58-51(41)65)30-36-28-35(13-19-44(36)57-31)52(66)62-24-21-61(22-25-62)23-26-63-49-40(16-18-43(55)48(49)47-32(2)59-60(7)33(47)3)39(50(63)53(67)69-54(4,5)6)11-9-27-68-45-12-8-10-34-29-37(56)14-15-38(34)45/h8,10,12-16,18-19,28-30,41H,9,11,17,20-27H2,1-7H3,(H,58,64,65). The zero-order chi connectivity index (χ0) is 48.9. The van der Waals surface area contributed by atoms with Crippen molar-refractivity contribution in [2.24, 2.45) is 7.05 Å². The number of hydrogen-bond acceptors (Lipinski definition) is 9. The Morgan fingerprint density at radius 1 is 0.884 bits per heavy atom. The van der Waals surface area contributed by atoms with Crippen molar-refractivity contribution in [1.29, 1.82) is 0 Å². The molecule has 1 N–H and O–H groups in total. The van der Waals surface area contributed by atoms with Crippen LogP contribution in [-0.4, -0.2) is 97.8 Å². The molecule has 0 bridgehead atoms. The highest BCUT2D eigenvalue weighted by molar-refractivity contribution is 6.35. The molecule has 2 aliphatic rings. The van der Waals surface area contributed by atoms with Crippen molar-refractivity contribution in [2.45, 2.75) is 85.3 Å². The smallest absolute Gasteiger partial charge is 0.355 e. The van der Waals surface area contributed by atoms with Crippen LogP contribution < -0.4 is 10.1 Å². The lowest BCUT2D eigenvalue weighted by molar-refractivity contribution is -0.134. The van der Waals surface area contributed by atoms with Gasteiger partial charge in [0.2, 0.25) is 11.8 Å². The zero-order valence-electron chi connectivity index (χ0n) is 40.2. The van der Waals surface area contributed by atoms with Gasteiger partial charge in [0.1, 0.15) is 22.9 Å². The molecule has 0 saturated carbocycles. The number of nitrogens with zero attached hydrogens (tertiary/aromatic N) is 6. The predicted molar refractivity (Wildman–Crippen MR) is 265 cm³/mol. The Bertz CT molecular complexity index is 3200.